The molecule has 9 heteroatoms. The third-order valence-corrected chi connectivity index (χ3v) is 7.87. The van der Waals surface area contributed by atoms with Gasteiger partial charge in [0.15, 0.2) is 0 Å². The van der Waals surface area contributed by atoms with E-state index in [0.717, 1.165) is 12.8 Å². The van der Waals surface area contributed by atoms with E-state index in [-0.39, 0.29) is 17.9 Å². The van der Waals surface area contributed by atoms with Crippen molar-refractivity contribution < 1.29 is 17.9 Å². The molecule has 3 rings (SSSR count). The summed E-state index contributed by atoms with van der Waals surface area (Å²) in [6.07, 6.45) is 2.86. The van der Waals surface area contributed by atoms with Crippen LogP contribution in [-0.2, 0) is 19.6 Å². The van der Waals surface area contributed by atoms with Crippen LogP contribution in [0.5, 0.6) is 0 Å². The maximum Gasteiger partial charge on any atom is 0.250 e. The third-order valence-electron chi connectivity index (χ3n) is 4.95. The molecule has 0 aromatic carbocycles. The molecule has 0 radical (unpaired) electrons. The van der Waals surface area contributed by atoms with Crippen LogP contribution in [0.1, 0.15) is 25.7 Å². The van der Waals surface area contributed by atoms with Crippen LogP contribution in [-0.4, -0.2) is 57.6 Å². The Morgan fingerprint density at radius 3 is 2.56 bits per heavy atom. The van der Waals surface area contributed by atoms with Gasteiger partial charge in [-0.3, -0.25) is 4.79 Å². The second-order valence-electron chi connectivity index (χ2n) is 6.63. The van der Waals surface area contributed by atoms with Crippen LogP contribution in [0, 0.1) is 5.92 Å². The molecule has 7 nitrogen and oxygen atoms in total. The monoisotopic (exact) mass is 387 g/mol. The fourth-order valence-electron chi connectivity index (χ4n) is 3.40. The molecule has 3 N–H and O–H groups in total. The number of sulfonamides is 1. The lowest BCUT2D eigenvalue weighted by atomic mass is 9.91. The molecule has 0 bridgehead atoms. The molecule has 1 aromatic rings. The average Bonchev–Trinajstić information content (AvgIpc) is 3.17. The van der Waals surface area contributed by atoms with Gasteiger partial charge in [-0.15, -0.1) is 11.3 Å². The number of thiophene rings is 1. The lowest BCUT2D eigenvalue weighted by Gasteiger charge is -2.36. The first-order valence-corrected chi connectivity index (χ1v) is 11.0. The molecule has 2 aliphatic heterocycles. The average molecular weight is 388 g/mol. The van der Waals surface area contributed by atoms with E-state index >= 15 is 0 Å². The molecule has 2 saturated heterocycles. The highest BCUT2D eigenvalue weighted by Crippen LogP contribution is 2.22. The molecule has 2 aliphatic rings. The molecule has 1 atom stereocenters. The van der Waals surface area contributed by atoms with Gasteiger partial charge < -0.3 is 15.4 Å². The van der Waals surface area contributed by atoms with Crippen LogP contribution in [0.25, 0.3) is 0 Å². The zero-order valence-electron chi connectivity index (χ0n) is 14.1. The van der Waals surface area contributed by atoms with Crippen LogP contribution < -0.4 is 10.5 Å². The fourth-order valence-corrected chi connectivity index (χ4v) is 5.71. The standard InChI is InChI=1S/C16H25N3O4S2/c17-15(12-5-9-23-10-6-12)16(20)19-7-3-13(4-8-19)18-25(21,22)14-2-1-11-24-14/h1-2,11-13,15,18H,3-10,17H2. The number of nitrogens with one attached hydrogen (secondary N) is 1. The van der Waals surface area contributed by atoms with E-state index in [1.165, 1.54) is 11.3 Å². The number of nitrogens with zero attached hydrogens (tertiary/aromatic N) is 1. The number of amides is 1. The molecule has 25 heavy (non-hydrogen) atoms. The summed E-state index contributed by atoms with van der Waals surface area (Å²) in [6.45, 7) is 2.40. The summed E-state index contributed by atoms with van der Waals surface area (Å²) in [5.41, 5.74) is 6.17. The van der Waals surface area contributed by atoms with Gasteiger partial charge in [0.05, 0.1) is 6.04 Å². The Morgan fingerprint density at radius 2 is 1.96 bits per heavy atom. The molecule has 0 saturated carbocycles. The number of likely N-dealkylation sites (tertiary alicyclic amines) is 1. The summed E-state index contributed by atoms with van der Waals surface area (Å²) in [7, 11) is -3.46. The third kappa shape index (κ3) is 4.59. The van der Waals surface area contributed by atoms with Crippen LogP contribution in [0.2, 0.25) is 0 Å². The molecule has 1 aromatic heterocycles. The van der Waals surface area contributed by atoms with E-state index in [4.69, 9.17) is 10.5 Å². The Hall–Kier alpha value is -1.00. The first-order chi connectivity index (χ1) is 12.0. The summed E-state index contributed by atoms with van der Waals surface area (Å²) in [5.74, 6) is 0.155. The van der Waals surface area contributed by atoms with E-state index in [1.807, 2.05) is 0 Å². The van der Waals surface area contributed by atoms with Gasteiger partial charge >= 0.3 is 0 Å². The number of piperidine rings is 1. The fraction of sp³-hybridized carbons (Fsp3) is 0.688. The number of nitrogens with two attached hydrogens (primary N) is 1. The molecule has 140 valence electrons. The number of hydrogen-bond acceptors (Lipinski definition) is 6. The van der Waals surface area contributed by atoms with Crippen LogP contribution in [0.3, 0.4) is 0 Å². The van der Waals surface area contributed by atoms with Crippen molar-refractivity contribution in [3.05, 3.63) is 17.5 Å². The zero-order valence-corrected chi connectivity index (χ0v) is 15.7. The molecular weight excluding hydrogens is 362 g/mol. The SMILES string of the molecule is NC(C(=O)N1CCC(NS(=O)(=O)c2cccs2)CC1)C1CCOCC1. The van der Waals surface area contributed by atoms with Crippen molar-refractivity contribution in [1.82, 2.24) is 9.62 Å². The van der Waals surface area contributed by atoms with Crippen molar-refractivity contribution in [2.24, 2.45) is 11.7 Å². The van der Waals surface area contributed by atoms with Crippen molar-refractivity contribution in [1.29, 1.82) is 0 Å². The first kappa shape index (κ1) is 18.8. The topological polar surface area (TPSA) is 102 Å². The van der Waals surface area contributed by atoms with Gasteiger partial charge in [0.25, 0.3) is 0 Å². The highest BCUT2D eigenvalue weighted by atomic mass is 32.2. The lowest BCUT2D eigenvalue weighted by molar-refractivity contribution is -0.135. The van der Waals surface area contributed by atoms with Gasteiger partial charge in [0.2, 0.25) is 15.9 Å². The summed E-state index contributed by atoms with van der Waals surface area (Å²) >= 11 is 1.20. The predicted octanol–water partition coefficient (Wildman–Crippen LogP) is 0.771. The highest BCUT2D eigenvalue weighted by molar-refractivity contribution is 7.91. The molecule has 2 fully saturated rings. The molecule has 1 amide bonds. The van der Waals surface area contributed by atoms with Gasteiger partial charge in [-0.25, -0.2) is 13.1 Å². The van der Waals surface area contributed by atoms with Gasteiger partial charge in [0, 0.05) is 32.3 Å². The number of rotatable bonds is 5. The molecule has 3 heterocycles. The van der Waals surface area contributed by atoms with Crippen molar-refractivity contribution in [3.63, 3.8) is 0 Å². The molecule has 0 spiro atoms. The Morgan fingerprint density at radius 1 is 1.28 bits per heavy atom. The Kier molecular flexibility index (Phi) is 6.11. The summed E-state index contributed by atoms with van der Waals surface area (Å²) in [5, 5.41) is 1.74. The van der Waals surface area contributed by atoms with Gasteiger partial charge in [0.1, 0.15) is 4.21 Å². The van der Waals surface area contributed by atoms with Crippen molar-refractivity contribution in [2.45, 2.75) is 42.0 Å². The summed E-state index contributed by atoms with van der Waals surface area (Å²) < 4.78 is 33.0. The van der Waals surface area contributed by atoms with Gasteiger partial charge in [-0.2, -0.15) is 0 Å². The second-order valence-corrected chi connectivity index (χ2v) is 9.52. The maximum absolute atomic E-state index is 12.6. The van der Waals surface area contributed by atoms with E-state index in [0.29, 0.717) is 43.4 Å². The van der Waals surface area contributed by atoms with Gasteiger partial charge in [-0.1, -0.05) is 6.07 Å². The van der Waals surface area contributed by atoms with E-state index < -0.39 is 16.1 Å². The Labute approximate surface area is 152 Å². The van der Waals surface area contributed by atoms with Crippen LogP contribution in [0.15, 0.2) is 21.7 Å². The first-order valence-electron chi connectivity index (χ1n) is 8.65. The highest BCUT2D eigenvalue weighted by Gasteiger charge is 2.33. The van der Waals surface area contributed by atoms with E-state index in [2.05, 4.69) is 4.72 Å². The summed E-state index contributed by atoms with van der Waals surface area (Å²) in [6, 6.07) is 2.69. The van der Waals surface area contributed by atoms with Crippen molar-refractivity contribution in [2.75, 3.05) is 26.3 Å². The second kappa shape index (κ2) is 8.13. The number of ether oxygens (including phenoxy) is 1. The quantitative estimate of drug-likeness (QED) is 0.777. The van der Waals surface area contributed by atoms with Crippen molar-refractivity contribution in [3.8, 4) is 0 Å². The zero-order chi connectivity index (χ0) is 17.9. The minimum atomic E-state index is -3.46. The summed E-state index contributed by atoms with van der Waals surface area (Å²) in [4.78, 5) is 14.4. The minimum absolute atomic E-state index is 0.0218. The molecular formula is C16H25N3O4S2. The van der Waals surface area contributed by atoms with Crippen LogP contribution >= 0.6 is 11.3 Å². The molecule has 1 unspecified atom stereocenters. The van der Waals surface area contributed by atoms with E-state index in [1.54, 1.807) is 22.4 Å². The minimum Gasteiger partial charge on any atom is -0.381 e. The predicted molar refractivity (Wildman–Crippen MR) is 95.8 cm³/mol. The number of hydrogen-bond donors (Lipinski definition) is 2. The Bertz CT molecular complexity index is 664. The van der Waals surface area contributed by atoms with Crippen molar-refractivity contribution >= 4 is 27.3 Å². The van der Waals surface area contributed by atoms with Crippen LogP contribution in [0.4, 0.5) is 0 Å². The smallest absolute Gasteiger partial charge is 0.250 e. The maximum atomic E-state index is 12.6. The number of carbonyl (C=O) groups is 1. The normalized spacial score (nSPS) is 22.0. The molecule has 0 aliphatic carbocycles. The Balaban J connectivity index is 1.50. The van der Waals surface area contributed by atoms with Gasteiger partial charge in [-0.05, 0) is 43.0 Å². The largest absolute Gasteiger partial charge is 0.381 e. The number of carbonyl (C=O) groups excluding carboxylic acids is 1. The van der Waals surface area contributed by atoms with E-state index in [9.17, 15) is 13.2 Å². The lowest BCUT2D eigenvalue weighted by Crippen LogP contribution is -2.53.